The fourth-order valence-corrected chi connectivity index (χ4v) is 7.25. The number of amides is 1. The molecule has 2 aromatic carbocycles. The third-order valence-corrected chi connectivity index (χ3v) is 9.34. The van der Waals surface area contributed by atoms with E-state index in [1.54, 1.807) is 0 Å². The molecule has 2 fully saturated rings. The molecule has 1 aromatic heterocycles. The summed E-state index contributed by atoms with van der Waals surface area (Å²) in [6.45, 7) is 13.0. The number of nitriles is 1. The Morgan fingerprint density at radius 3 is 2.40 bits per heavy atom. The Labute approximate surface area is 246 Å². The van der Waals surface area contributed by atoms with Crippen LogP contribution < -0.4 is 16.8 Å². The quantitative estimate of drug-likeness (QED) is 0.312. The SMILES string of the molecule is C=C(N)c1ccc2c(c1)CCc1cc(C(N)=O)ccc1C2(C[C@@H](C)NCC(=C)N1C(C#N)C[C@@H]2C[C@@H]21)c1nnc(C)[nH]1. The summed E-state index contributed by atoms with van der Waals surface area (Å²) in [5.74, 6) is 1.64. The van der Waals surface area contributed by atoms with E-state index in [4.69, 9.17) is 11.5 Å². The van der Waals surface area contributed by atoms with Crippen molar-refractivity contribution in [2.45, 2.75) is 69.5 Å². The van der Waals surface area contributed by atoms with Crippen molar-refractivity contribution in [3.05, 3.63) is 100 Å². The van der Waals surface area contributed by atoms with Gasteiger partial charge >= 0.3 is 0 Å². The number of hydrogen-bond acceptors (Lipinski definition) is 7. The normalized spacial score (nSPS) is 24.5. The van der Waals surface area contributed by atoms with Crippen LogP contribution in [0.1, 0.15) is 76.0 Å². The number of fused-ring (bicyclic) bond motifs is 3. The van der Waals surface area contributed by atoms with Crippen LogP contribution in [0.15, 0.2) is 55.3 Å². The molecule has 3 aliphatic rings. The Bertz CT molecular complexity index is 1570. The third kappa shape index (κ3) is 4.66. The van der Waals surface area contributed by atoms with Crippen molar-refractivity contribution < 1.29 is 4.79 Å². The highest BCUT2D eigenvalue weighted by Crippen LogP contribution is 2.49. The number of aromatic amines is 1. The first-order valence-electron chi connectivity index (χ1n) is 14.6. The molecule has 216 valence electrons. The summed E-state index contributed by atoms with van der Waals surface area (Å²) in [7, 11) is 0. The van der Waals surface area contributed by atoms with Gasteiger partial charge in [0.25, 0.3) is 0 Å². The molecule has 1 aliphatic heterocycles. The lowest BCUT2D eigenvalue weighted by Crippen LogP contribution is -2.42. The van der Waals surface area contributed by atoms with E-state index in [1.807, 2.05) is 31.2 Å². The molecule has 9 heteroatoms. The summed E-state index contributed by atoms with van der Waals surface area (Å²) in [5, 5.41) is 22.5. The molecule has 2 unspecified atom stereocenters. The number of hydrogen-bond donors (Lipinski definition) is 4. The molecule has 6 rings (SSSR count). The maximum atomic E-state index is 12.2. The van der Waals surface area contributed by atoms with Gasteiger partial charge in [0.15, 0.2) is 0 Å². The van der Waals surface area contributed by atoms with E-state index in [9.17, 15) is 10.1 Å². The number of carbonyl (C=O) groups is 1. The number of H-pyrrole nitrogens is 1. The van der Waals surface area contributed by atoms with E-state index in [0.717, 1.165) is 70.8 Å². The molecule has 9 nitrogen and oxygen atoms in total. The zero-order valence-electron chi connectivity index (χ0n) is 24.3. The number of nitrogens with two attached hydrogens (primary N) is 2. The van der Waals surface area contributed by atoms with Gasteiger partial charge in [0.05, 0.1) is 11.5 Å². The van der Waals surface area contributed by atoms with E-state index < -0.39 is 11.3 Å². The Balaban J connectivity index is 1.42. The second kappa shape index (κ2) is 10.4. The van der Waals surface area contributed by atoms with Crippen LogP contribution >= 0.6 is 0 Å². The van der Waals surface area contributed by atoms with Gasteiger partial charge in [-0.25, -0.2) is 0 Å². The number of aryl methyl sites for hydroxylation is 3. The third-order valence-electron chi connectivity index (χ3n) is 9.34. The van der Waals surface area contributed by atoms with Gasteiger partial charge in [-0.2, -0.15) is 5.26 Å². The van der Waals surface area contributed by atoms with Crippen LogP contribution in [0.3, 0.4) is 0 Å². The molecule has 6 N–H and O–H groups in total. The van der Waals surface area contributed by atoms with Crippen LogP contribution in [0.4, 0.5) is 0 Å². The highest BCUT2D eigenvalue weighted by Gasteiger charge is 2.52. The van der Waals surface area contributed by atoms with Crippen LogP contribution in [0, 0.1) is 24.2 Å². The Kier molecular flexibility index (Phi) is 6.90. The monoisotopic (exact) mass is 562 g/mol. The van der Waals surface area contributed by atoms with Crippen molar-refractivity contribution in [1.29, 1.82) is 5.26 Å². The molecule has 2 heterocycles. The molecular formula is C33H38N8O. The minimum Gasteiger partial charge on any atom is -0.399 e. The number of rotatable bonds is 9. The molecular weight excluding hydrogens is 524 g/mol. The molecule has 0 radical (unpaired) electrons. The molecule has 1 saturated heterocycles. The van der Waals surface area contributed by atoms with Crippen LogP contribution in [0.5, 0.6) is 0 Å². The number of piperidine rings is 1. The molecule has 2 aliphatic carbocycles. The number of carbonyl (C=O) groups excluding carboxylic acids is 1. The number of nitrogens with zero attached hydrogens (tertiary/aromatic N) is 4. The van der Waals surface area contributed by atoms with Crippen molar-refractivity contribution in [2.24, 2.45) is 17.4 Å². The van der Waals surface area contributed by atoms with Crippen molar-refractivity contribution in [3.8, 4) is 6.07 Å². The molecule has 3 aromatic rings. The molecule has 1 saturated carbocycles. The molecule has 0 bridgehead atoms. The van der Waals surface area contributed by atoms with E-state index in [0.29, 0.717) is 36.2 Å². The number of aromatic nitrogens is 3. The minimum atomic E-state index is -0.703. The predicted octanol–water partition coefficient (Wildman–Crippen LogP) is 3.44. The first-order chi connectivity index (χ1) is 20.1. The van der Waals surface area contributed by atoms with Crippen LogP contribution in [-0.2, 0) is 18.3 Å². The second-order valence-electron chi connectivity index (χ2n) is 12.2. The van der Waals surface area contributed by atoms with Crippen molar-refractivity contribution >= 4 is 11.6 Å². The van der Waals surface area contributed by atoms with Gasteiger partial charge in [0.1, 0.15) is 17.7 Å². The molecule has 0 spiro atoms. The van der Waals surface area contributed by atoms with Gasteiger partial charge in [-0.3, -0.25) is 4.79 Å². The van der Waals surface area contributed by atoms with E-state index in [2.05, 4.69) is 63.7 Å². The zero-order chi connectivity index (χ0) is 29.8. The topological polar surface area (TPSA) is 150 Å². The highest BCUT2D eigenvalue weighted by molar-refractivity contribution is 5.93. The van der Waals surface area contributed by atoms with Gasteiger partial charge in [0, 0.05) is 35.6 Å². The van der Waals surface area contributed by atoms with Gasteiger partial charge in [-0.05, 0) is 97.9 Å². The molecule has 5 atom stereocenters. The van der Waals surface area contributed by atoms with Crippen LogP contribution in [0.25, 0.3) is 5.70 Å². The van der Waals surface area contributed by atoms with Crippen molar-refractivity contribution in [1.82, 2.24) is 25.4 Å². The summed E-state index contributed by atoms with van der Waals surface area (Å²) < 4.78 is 0. The summed E-state index contributed by atoms with van der Waals surface area (Å²) in [4.78, 5) is 17.9. The van der Waals surface area contributed by atoms with Crippen LogP contribution in [-0.4, -0.2) is 50.7 Å². The summed E-state index contributed by atoms with van der Waals surface area (Å²) in [6, 6.07) is 14.9. The van der Waals surface area contributed by atoms with E-state index >= 15 is 0 Å². The number of primary amides is 1. The summed E-state index contributed by atoms with van der Waals surface area (Å²) in [5.41, 5.74) is 18.4. The fraction of sp³-hybridized carbons (Fsp3) is 0.394. The lowest BCUT2D eigenvalue weighted by molar-refractivity contribution is 0.1000. The summed E-state index contributed by atoms with van der Waals surface area (Å²) in [6.07, 6.45) is 4.22. The number of likely N-dealkylation sites (tertiary alicyclic amines) is 1. The Morgan fingerprint density at radius 2 is 1.81 bits per heavy atom. The first kappa shape index (κ1) is 27.7. The highest BCUT2D eigenvalue weighted by atomic mass is 16.1. The maximum absolute atomic E-state index is 12.2. The Hall–Kier alpha value is -4.42. The average molecular weight is 563 g/mol. The van der Waals surface area contributed by atoms with Gasteiger partial charge in [-0.15, -0.1) is 10.2 Å². The van der Waals surface area contributed by atoms with Gasteiger partial charge < -0.3 is 26.7 Å². The van der Waals surface area contributed by atoms with E-state index in [1.165, 1.54) is 0 Å². The van der Waals surface area contributed by atoms with Crippen LogP contribution in [0.2, 0.25) is 0 Å². The fourth-order valence-electron chi connectivity index (χ4n) is 7.25. The predicted molar refractivity (Wildman–Crippen MR) is 162 cm³/mol. The Morgan fingerprint density at radius 1 is 1.14 bits per heavy atom. The van der Waals surface area contributed by atoms with Crippen molar-refractivity contribution in [3.63, 3.8) is 0 Å². The first-order valence-corrected chi connectivity index (χ1v) is 14.6. The zero-order valence-corrected chi connectivity index (χ0v) is 24.3. The largest absolute Gasteiger partial charge is 0.399 e. The average Bonchev–Trinajstić information content (AvgIpc) is 3.46. The molecule has 1 amide bonds. The van der Waals surface area contributed by atoms with Gasteiger partial charge in [-0.1, -0.05) is 31.4 Å². The lowest BCUT2D eigenvalue weighted by Gasteiger charge is -2.37. The maximum Gasteiger partial charge on any atom is 0.248 e. The minimum absolute atomic E-state index is 0.0177. The second-order valence-corrected chi connectivity index (χ2v) is 12.2. The van der Waals surface area contributed by atoms with E-state index in [-0.39, 0.29) is 12.1 Å². The van der Waals surface area contributed by atoms with Crippen molar-refractivity contribution in [2.75, 3.05) is 6.54 Å². The number of nitrogens with one attached hydrogen (secondary N) is 2. The lowest BCUT2D eigenvalue weighted by atomic mass is 9.67. The summed E-state index contributed by atoms with van der Waals surface area (Å²) >= 11 is 0. The smallest absolute Gasteiger partial charge is 0.248 e. The van der Waals surface area contributed by atoms with Gasteiger partial charge in [0.2, 0.25) is 5.91 Å². The molecule has 42 heavy (non-hydrogen) atoms. The standard InChI is InChI=1S/C33H38N8O/c1-18(37-17-19(2)41-27(16-34)13-26-14-30(26)41)15-33(32-38-21(4)39-40-32)28-9-7-22(20(3)35)11-23(28)5-6-24-12-25(31(36)42)8-10-29(24)33/h7-12,18,26-27,30,37H,2-3,5-6,13-15,17,35H2,1,4H3,(H2,36,42)(H,38,39,40)/t18-,26-,27?,30+,33?/m1/s1. The number of benzene rings is 2.